The average Bonchev–Trinajstić information content (AvgIpc) is 3.34. The molecule has 1 heterocycles. The number of aryl methyl sites for hydroxylation is 3. The fraction of sp³-hybridized carbons (Fsp3) is 0.300. The number of carbonyl (C=O) groups is 1. The van der Waals surface area contributed by atoms with Crippen molar-refractivity contribution in [2.75, 3.05) is 0 Å². The highest BCUT2D eigenvalue weighted by atomic mass is 16.5. The van der Waals surface area contributed by atoms with Crippen molar-refractivity contribution in [3.63, 3.8) is 0 Å². The second-order valence-corrected chi connectivity index (χ2v) is 6.38. The molecule has 1 aromatic heterocycles. The Bertz CT molecular complexity index is 847. The predicted molar refractivity (Wildman–Crippen MR) is 94.9 cm³/mol. The van der Waals surface area contributed by atoms with Gasteiger partial charge in [0.25, 0.3) is 0 Å². The second kappa shape index (κ2) is 6.48. The van der Waals surface area contributed by atoms with E-state index in [1.165, 1.54) is 0 Å². The summed E-state index contributed by atoms with van der Waals surface area (Å²) in [7, 11) is 0. The van der Waals surface area contributed by atoms with E-state index in [4.69, 9.17) is 4.74 Å². The lowest BCUT2D eigenvalue weighted by Gasteiger charge is -2.10. The van der Waals surface area contributed by atoms with Crippen molar-refractivity contribution in [3.8, 4) is 5.75 Å². The van der Waals surface area contributed by atoms with Crippen LogP contribution in [0.4, 0.5) is 0 Å². The first-order valence-electron chi connectivity index (χ1n) is 8.14. The topological polar surface area (TPSA) is 48.3 Å². The first-order chi connectivity index (χ1) is 11.4. The van der Waals surface area contributed by atoms with Gasteiger partial charge in [0.05, 0.1) is 5.92 Å². The number of hydrogen-bond donors (Lipinski definition) is 0. The minimum absolute atomic E-state index is 0.0132. The summed E-state index contributed by atoms with van der Waals surface area (Å²) in [6.45, 7) is 5.73. The molecule has 0 amide bonds. The molecule has 0 bridgehead atoms. The minimum atomic E-state index is -0.133. The Morgan fingerprint density at radius 2 is 1.79 bits per heavy atom. The smallest absolute Gasteiger partial charge is 0.314 e. The summed E-state index contributed by atoms with van der Waals surface area (Å²) >= 11 is 0. The molecule has 1 aliphatic carbocycles. The van der Waals surface area contributed by atoms with Crippen LogP contribution in [0, 0.1) is 26.7 Å². The van der Waals surface area contributed by atoms with Gasteiger partial charge in [0.1, 0.15) is 5.75 Å². The Morgan fingerprint density at radius 1 is 1.12 bits per heavy atom. The number of ether oxygens (including phenoxy) is 1. The van der Waals surface area contributed by atoms with Crippen LogP contribution >= 0.6 is 0 Å². The van der Waals surface area contributed by atoms with Crippen LogP contribution in [0.2, 0.25) is 0 Å². The van der Waals surface area contributed by atoms with Crippen LogP contribution in [0.15, 0.2) is 35.1 Å². The van der Waals surface area contributed by atoms with Gasteiger partial charge in [-0.2, -0.15) is 0 Å². The molecule has 0 unspecified atom stereocenters. The van der Waals surface area contributed by atoms with Crippen molar-refractivity contribution in [2.45, 2.75) is 33.6 Å². The zero-order valence-corrected chi connectivity index (χ0v) is 14.2. The SMILES string of the molecule is Cc1ccc(/C=C/n2c(C)cc(=O)cc2C)cc1OC(=O)C1CC1. The Labute approximate surface area is 141 Å². The van der Waals surface area contributed by atoms with Gasteiger partial charge in [-0.1, -0.05) is 12.1 Å². The zero-order valence-electron chi connectivity index (χ0n) is 14.2. The van der Waals surface area contributed by atoms with Crippen LogP contribution in [0.3, 0.4) is 0 Å². The monoisotopic (exact) mass is 323 g/mol. The van der Waals surface area contributed by atoms with E-state index >= 15 is 0 Å². The molecule has 0 atom stereocenters. The Morgan fingerprint density at radius 3 is 2.42 bits per heavy atom. The molecule has 0 radical (unpaired) electrons. The molecule has 0 aliphatic heterocycles. The van der Waals surface area contributed by atoms with E-state index in [9.17, 15) is 9.59 Å². The highest BCUT2D eigenvalue weighted by Crippen LogP contribution is 2.31. The third-order valence-electron chi connectivity index (χ3n) is 4.21. The number of benzene rings is 1. The molecular weight excluding hydrogens is 302 g/mol. The van der Waals surface area contributed by atoms with Crippen molar-refractivity contribution in [3.05, 3.63) is 63.1 Å². The fourth-order valence-corrected chi connectivity index (χ4v) is 2.61. The van der Waals surface area contributed by atoms with Crippen molar-refractivity contribution in [1.82, 2.24) is 4.57 Å². The number of hydrogen-bond acceptors (Lipinski definition) is 3. The van der Waals surface area contributed by atoms with Crippen molar-refractivity contribution >= 4 is 18.2 Å². The van der Waals surface area contributed by atoms with Crippen LogP contribution in [-0.4, -0.2) is 10.5 Å². The molecule has 0 saturated heterocycles. The van der Waals surface area contributed by atoms with E-state index in [0.717, 1.165) is 35.4 Å². The summed E-state index contributed by atoms with van der Waals surface area (Å²) in [5.41, 5.74) is 3.65. The lowest BCUT2D eigenvalue weighted by molar-refractivity contribution is -0.135. The number of nitrogens with zero attached hydrogens (tertiary/aromatic N) is 1. The summed E-state index contributed by atoms with van der Waals surface area (Å²) in [4.78, 5) is 23.4. The lowest BCUT2D eigenvalue weighted by Crippen LogP contribution is -2.10. The first kappa shape index (κ1) is 16.2. The van der Waals surface area contributed by atoms with Gasteiger partial charge in [-0.05, 0) is 56.9 Å². The maximum Gasteiger partial charge on any atom is 0.314 e. The van der Waals surface area contributed by atoms with Crippen LogP contribution in [-0.2, 0) is 4.79 Å². The molecule has 2 aromatic rings. The van der Waals surface area contributed by atoms with Crippen LogP contribution in [0.25, 0.3) is 12.3 Å². The fourth-order valence-electron chi connectivity index (χ4n) is 2.61. The van der Waals surface area contributed by atoms with Crippen molar-refractivity contribution in [2.24, 2.45) is 5.92 Å². The van der Waals surface area contributed by atoms with Gasteiger partial charge in [-0.3, -0.25) is 9.59 Å². The second-order valence-electron chi connectivity index (χ2n) is 6.38. The molecule has 1 saturated carbocycles. The van der Waals surface area contributed by atoms with E-state index in [0.29, 0.717) is 5.75 Å². The Balaban J connectivity index is 1.85. The summed E-state index contributed by atoms with van der Waals surface area (Å²) in [5, 5.41) is 0. The molecule has 0 spiro atoms. The summed E-state index contributed by atoms with van der Waals surface area (Å²) in [6.07, 6.45) is 5.73. The highest BCUT2D eigenvalue weighted by Gasteiger charge is 2.31. The molecule has 3 rings (SSSR count). The predicted octanol–water partition coefficient (Wildman–Crippen LogP) is 3.72. The number of aromatic nitrogens is 1. The maximum absolute atomic E-state index is 11.9. The van der Waals surface area contributed by atoms with Gasteiger partial charge >= 0.3 is 5.97 Å². The quantitative estimate of drug-likeness (QED) is 0.636. The molecule has 1 aliphatic rings. The van der Waals surface area contributed by atoms with Gasteiger partial charge in [0.2, 0.25) is 0 Å². The number of carbonyl (C=O) groups excluding carboxylic acids is 1. The summed E-state index contributed by atoms with van der Waals surface area (Å²) in [6, 6.07) is 9.01. The van der Waals surface area contributed by atoms with E-state index in [1.807, 2.05) is 55.8 Å². The Hall–Kier alpha value is -2.62. The zero-order chi connectivity index (χ0) is 17.3. The van der Waals surface area contributed by atoms with E-state index in [2.05, 4.69) is 0 Å². The van der Waals surface area contributed by atoms with E-state index in [1.54, 1.807) is 12.1 Å². The van der Waals surface area contributed by atoms with Gasteiger partial charge in [0, 0.05) is 29.7 Å². The molecule has 4 nitrogen and oxygen atoms in total. The first-order valence-corrected chi connectivity index (χ1v) is 8.14. The van der Waals surface area contributed by atoms with E-state index < -0.39 is 0 Å². The molecule has 1 fully saturated rings. The summed E-state index contributed by atoms with van der Waals surface area (Å²) in [5.74, 6) is 0.559. The van der Waals surface area contributed by atoms with Crippen molar-refractivity contribution < 1.29 is 9.53 Å². The molecular formula is C20H21NO3. The maximum atomic E-state index is 11.9. The number of pyridine rings is 1. The molecule has 24 heavy (non-hydrogen) atoms. The lowest BCUT2D eigenvalue weighted by atomic mass is 10.1. The number of rotatable bonds is 4. The standard InChI is InChI=1S/C20H21NO3/c1-13-4-5-16(12-19(13)24-20(23)17-6-7-17)8-9-21-14(2)10-18(22)11-15(21)3/h4-5,8-12,17H,6-7H2,1-3H3/b9-8+. The van der Waals surface area contributed by atoms with Crippen LogP contribution in [0.1, 0.15) is 35.4 Å². The largest absolute Gasteiger partial charge is 0.426 e. The van der Waals surface area contributed by atoms with Crippen LogP contribution < -0.4 is 10.2 Å². The van der Waals surface area contributed by atoms with Crippen molar-refractivity contribution in [1.29, 1.82) is 0 Å². The van der Waals surface area contributed by atoms with Gasteiger partial charge < -0.3 is 9.30 Å². The normalized spacial score (nSPS) is 14.1. The molecule has 0 N–H and O–H groups in total. The third-order valence-corrected chi connectivity index (χ3v) is 4.21. The minimum Gasteiger partial charge on any atom is -0.426 e. The van der Waals surface area contributed by atoms with Gasteiger partial charge in [-0.15, -0.1) is 0 Å². The molecule has 1 aromatic carbocycles. The van der Waals surface area contributed by atoms with Gasteiger partial charge in [0.15, 0.2) is 5.43 Å². The number of esters is 1. The van der Waals surface area contributed by atoms with Crippen LogP contribution in [0.5, 0.6) is 5.75 Å². The average molecular weight is 323 g/mol. The van der Waals surface area contributed by atoms with E-state index in [-0.39, 0.29) is 17.3 Å². The molecule has 124 valence electrons. The van der Waals surface area contributed by atoms with Gasteiger partial charge in [-0.25, -0.2) is 0 Å². The summed E-state index contributed by atoms with van der Waals surface area (Å²) < 4.78 is 7.46. The third kappa shape index (κ3) is 3.65. The highest BCUT2D eigenvalue weighted by molar-refractivity contribution is 5.78. The molecule has 4 heteroatoms. The Kier molecular flexibility index (Phi) is 4.38.